The highest BCUT2D eigenvalue weighted by molar-refractivity contribution is 7.85. The molecule has 3 atom stereocenters. The first-order valence-electron chi connectivity index (χ1n) is 5.36. The van der Waals surface area contributed by atoms with Crippen LogP contribution in [-0.4, -0.2) is 21.8 Å². The van der Waals surface area contributed by atoms with Crippen molar-refractivity contribution in [2.75, 3.05) is 11.5 Å². The van der Waals surface area contributed by atoms with E-state index in [0.29, 0.717) is 11.8 Å². The summed E-state index contributed by atoms with van der Waals surface area (Å²) >= 11 is 0. The molecular formula is C11H17NO2S. The summed E-state index contributed by atoms with van der Waals surface area (Å²) in [5, 5.41) is 3.48. The Labute approximate surface area is 92.7 Å². The van der Waals surface area contributed by atoms with Crippen molar-refractivity contribution < 1.29 is 8.63 Å². The van der Waals surface area contributed by atoms with Crippen LogP contribution < -0.4 is 5.32 Å². The summed E-state index contributed by atoms with van der Waals surface area (Å²) < 4.78 is 17.2. The van der Waals surface area contributed by atoms with Gasteiger partial charge in [-0.15, -0.1) is 0 Å². The lowest BCUT2D eigenvalue weighted by Gasteiger charge is -2.28. The standard InChI is InChI=1S/C11H17NO2S/c1-3-9-6-15(13)7-10(12-9)11-5-4-8(2)14-11/h4-5,9-10,12H,3,6-7H2,1-2H3. The Morgan fingerprint density at radius 1 is 1.53 bits per heavy atom. The van der Waals surface area contributed by atoms with Gasteiger partial charge in [-0.05, 0) is 25.5 Å². The highest BCUT2D eigenvalue weighted by Crippen LogP contribution is 2.22. The van der Waals surface area contributed by atoms with Gasteiger partial charge in [0.1, 0.15) is 11.5 Å². The molecular weight excluding hydrogens is 210 g/mol. The second-order valence-electron chi connectivity index (χ2n) is 4.05. The zero-order valence-electron chi connectivity index (χ0n) is 9.16. The molecule has 3 nitrogen and oxygen atoms in total. The van der Waals surface area contributed by atoms with Gasteiger partial charge in [-0.2, -0.15) is 0 Å². The van der Waals surface area contributed by atoms with E-state index in [2.05, 4.69) is 12.2 Å². The zero-order valence-corrected chi connectivity index (χ0v) is 9.97. The van der Waals surface area contributed by atoms with Gasteiger partial charge in [-0.3, -0.25) is 4.21 Å². The van der Waals surface area contributed by atoms with Crippen LogP contribution in [0.1, 0.15) is 30.9 Å². The van der Waals surface area contributed by atoms with Crippen LogP contribution in [0, 0.1) is 6.92 Å². The van der Waals surface area contributed by atoms with Crippen molar-refractivity contribution in [3.05, 3.63) is 23.7 Å². The van der Waals surface area contributed by atoms with Crippen molar-refractivity contribution in [3.63, 3.8) is 0 Å². The van der Waals surface area contributed by atoms with E-state index in [1.165, 1.54) is 0 Å². The zero-order chi connectivity index (χ0) is 10.8. The number of aryl methyl sites for hydroxylation is 1. The predicted molar refractivity (Wildman–Crippen MR) is 61.3 cm³/mol. The Bertz CT molecular complexity index is 361. The minimum absolute atomic E-state index is 0.123. The molecule has 3 unspecified atom stereocenters. The van der Waals surface area contributed by atoms with Crippen molar-refractivity contribution in [3.8, 4) is 0 Å². The maximum Gasteiger partial charge on any atom is 0.122 e. The molecule has 1 aromatic heterocycles. The van der Waals surface area contributed by atoms with E-state index < -0.39 is 10.8 Å². The maximum absolute atomic E-state index is 11.7. The van der Waals surface area contributed by atoms with Crippen LogP contribution in [0.4, 0.5) is 0 Å². The minimum atomic E-state index is -0.714. The summed E-state index contributed by atoms with van der Waals surface area (Å²) in [6.45, 7) is 4.05. The first-order chi connectivity index (χ1) is 7.19. The molecule has 0 bridgehead atoms. The smallest absolute Gasteiger partial charge is 0.122 e. The fraction of sp³-hybridized carbons (Fsp3) is 0.636. The van der Waals surface area contributed by atoms with Crippen LogP contribution in [-0.2, 0) is 10.8 Å². The molecule has 1 aromatic rings. The summed E-state index contributed by atoms with van der Waals surface area (Å²) in [4.78, 5) is 0. The van der Waals surface area contributed by atoms with E-state index >= 15 is 0 Å². The van der Waals surface area contributed by atoms with E-state index in [1.807, 2.05) is 19.1 Å². The topological polar surface area (TPSA) is 42.2 Å². The Balaban J connectivity index is 2.12. The third-order valence-corrected chi connectivity index (χ3v) is 4.25. The fourth-order valence-corrected chi connectivity index (χ4v) is 3.45. The molecule has 1 saturated heterocycles. The quantitative estimate of drug-likeness (QED) is 0.837. The third kappa shape index (κ3) is 2.49. The average Bonchev–Trinajstić information content (AvgIpc) is 2.64. The molecule has 1 fully saturated rings. The Morgan fingerprint density at radius 3 is 2.93 bits per heavy atom. The van der Waals surface area contributed by atoms with Gasteiger partial charge < -0.3 is 9.73 Å². The van der Waals surface area contributed by atoms with Crippen LogP contribution in [0.5, 0.6) is 0 Å². The normalized spacial score (nSPS) is 31.7. The van der Waals surface area contributed by atoms with E-state index in [-0.39, 0.29) is 6.04 Å². The van der Waals surface area contributed by atoms with Crippen molar-refractivity contribution in [2.24, 2.45) is 0 Å². The van der Waals surface area contributed by atoms with Gasteiger partial charge in [0.2, 0.25) is 0 Å². The van der Waals surface area contributed by atoms with Crippen LogP contribution >= 0.6 is 0 Å². The summed E-state index contributed by atoms with van der Waals surface area (Å²) in [7, 11) is -0.714. The molecule has 0 saturated carbocycles. The van der Waals surface area contributed by atoms with Crippen molar-refractivity contribution in [1.82, 2.24) is 5.32 Å². The van der Waals surface area contributed by atoms with Crippen molar-refractivity contribution >= 4 is 10.8 Å². The molecule has 1 aliphatic heterocycles. The van der Waals surface area contributed by atoms with Crippen molar-refractivity contribution in [2.45, 2.75) is 32.4 Å². The van der Waals surface area contributed by atoms with Crippen LogP contribution in [0.2, 0.25) is 0 Å². The van der Waals surface area contributed by atoms with Gasteiger partial charge in [0.25, 0.3) is 0 Å². The number of hydrogen-bond donors (Lipinski definition) is 1. The van der Waals surface area contributed by atoms with Gasteiger partial charge in [0.05, 0.1) is 6.04 Å². The van der Waals surface area contributed by atoms with E-state index in [1.54, 1.807) is 0 Å². The third-order valence-electron chi connectivity index (χ3n) is 2.77. The lowest BCUT2D eigenvalue weighted by molar-refractivity contribution is 0.379. The molecule has 1 N–H and O–H groups in total. The Kier molecular flexibility index (Phi) is 3.26. The number of hydrogen-bond acceptors (Lipinski definition) is 3. The fourth-order valence-electron chi connectivity index (χ4n) is 1.90. The SMILES string of the molecule is CCC1CS(=O)CC(c2ccc(C)o2)N1. The lowest BCUT2D eigenvalue weighted by Crippen LogP contribution is -2.44. The van der Waals surface area contributed by atoms with Crippen molar-refractivity contribution in [1.29, 1.82) is 0 Å². The number of nitrogens with one attached hydrogen (secondary N) is 1. The molecule has 0 radical (unpaired) electrons. The second kappa shape index (κ2) is 4.49. The first-order valence-corrected chi connectivity index (χ1v) is 6.85. The molecule has 4 heteroatoms. The molecule has 2 rings (SSSR count). The first kappa shape index (κ1) is 10.9. The van der Waals surface area contributed by atoms with Crippen LogP contribution in [0.3, 0.4) is 0 Å². The Morgan fingerprint density at radius 2 is 2.33 bits per heavy atom. The minimum Gasteiger partial charge on any atom is -0.465 e. The second-order valence-corrected chi connectivity index (χ2v) is 5.59. The molecule has 1 aliphatic rings. The highest BCUT2D eigenvalue weighted by Gasteiger charge is 2.27. The molecule has 0 aliphatic carbocycles. The van der Waals surface area contributed by atoms with E-state index in [4.69, 9.17) is 4.42 Å². The summed E-state index contributed by atoms with van der Waals surface area (Å²) in [5.74, 6) is 3.27. The van der Waals surface area contributed by atoms with Gasteiger partial charge >= 0.3 is 0 Å². The summed E-state index contributed by atoms with van der Waals surface area (Å²) in [6.07, 6.45) is 1.02. The van der Waals surface area contributed by atoms with E-state index in [9.17, 15) is 4.21 Å². The van der Waals surface area contributed by atoms with Gasteiger partial charge in [0, 0.05) is 28.3 Å². The average molecular weight is 227 g/mol. The van der Waals surface area contributed by atoms with Gasteiger partial charge in [-0.1, -0.05) is 6.92 Å². The van der Waals surface area contributed by atoms with Gasteiger partial charge in [-0.25, -0.2) is 0 Å². The molecule has 0 amide bonds. The molecule has 15 heavy (non-hydrogen) atoms. The molecule has 84 valence electrons. The Hall–Kier alpha value is -0.610. The summed E-state index contributed by atoms with van der Waals surface area (Å²) in [6, 6.07) is 4.41. The predicted octanol–water partition coefficient (Wildman–Crippen LogP) is 1.76. The molecule has 0 aromatic carbocycles. The van der Waals surface area contributed by atoms with Gasteiger partial charge in [0.15, 0.2) is 0 Å². The monoisotopic (exact) mass is 227 g/mol. The van der Waals surface area contributed by atoms with Crippen LogP contribution in [0.25, 0.3) is 0 Å². The number of furan rings is 1. The molecule has 2 heterocycles. The lowest BCUT2D eigenvalue weighted by atomic mass is 10.2. The molecule has 0 spiro atoms. The largest absolute Gasteiger partial charge is 0.465 e. The maximum atomic E-state index is 11.7. The van der Waals surface area contributed by atoms with E-state index in [0.717, 1.165) is 23.7 Å². The number of rotatable bonds is 2. The highest BCUT2D eigenvalue weighted by atomic mass is 32.2. The summed E-state index contributed by atoms with van der Waals surface area (Å²) in [5.41, 5.74) is 0. The van der Waals surface area contributed by atoms with Crippen LogP contribution in [0.15, 0.2) is 16.5 Å².